The van der Waals surface area contributed by atoms with Crippen LogP contribution in [0.1, 0.15) is 52.4 Å². The quantitative estimate of drug-likeness (QED) is 0.775. The van der Waals surface area contributed by atoms with Gasteiger partial charge in [-0.3, -0.25) is 14.2 Å². The van der Waals surface area contributed by atoms with Crippen molar-refractivity contribution in [2.75, 3.05) is 6.54 Å². The van der Waals surface area contributed by atoms with Gasteiger partial charge in [0.15, 0.2) is 5.69 Å². The van der Waals surface area contributed by atoms with E-state index in [1.165, 1.54) is 0 Å². The van der Waals surface area contributed by atoms with Gasteiger partial charge in [-0.05, 0) is 52.0 Å². The largest absolute Gasteiger partial charge is 0.332 e. The number of hydrogen-bond donors (Lipinski definition) is 0. The van der Waals surface area contributed by atoms with Gasteiger partial charge in [0.05, 0.1) is 5.69 Å². The molecule has 0 radical (unpaired) electrons. The summed E-state index contributed by atoms with van der Waals surface area (Å²) < 4.78 is 3.65. The van der Waals surface area contributed by atoms with Crippen LogP contribution >= 0.6 is 0 Å². The highest BCUT2D eigenvalue weighted by molar-refractivity contribution is 5.92. The highest BCUT2D eigenvalue weighted by atomic mass is 16.2. The summed E-state index contributed by atoms with van der Waals surface area (Å²) in [5.74, 6) is 0.511. The minimum Gasteiger partial charge on any atom is -0.332 e. The van der Waals surface area contributed by atoms with E-state index < -0.39 is 0 Å². The molecule has 0 N–H and O–H groups in total. The van der Waals surface area contributed by atoms with Crippen LogP contribution in [-0.2, 0) is 20.6 Å². The predicted octanol–water partition coefficient (Wildman–Crippen LogP) is 3.08. The number of allylic oxidation sites excluding steroid dienone is 2. The second-order valence-electron chi connectivity index (χ2n) is 7.40. The van der Waals surface area contributed by atoms with Crippen molar-refractivity contribution in [1.29, 1.82) is 0 Å². The minimum atomic E-state index is 0.00547. The molecule has 6 heteroatoms. The number of nitrogens with zero attached hydrogens (tertiary/aromatic N) is 5. The van der Waals surface area contributed by atoms with Crippen molar-refractivity contribution in [1.82, 2.24) is 24.5 Å². The molecule has 2 aromatic rings. The van der Waals surface area contributed by atoms with Crippen molar-refractivity contribution in [3.05, 3.63) is 46.6 Å². The average molecular weight is 355 g/mol. The Labute approximate surface area is 155 Å². The van der Waals surface area contributed by atoms with Gasteiger partial charge in [0, 0.05) is 44.1 Å². The molecule has 0 saturated carbocycles. The third kappa shape index (κ3) is 3.74. The Kier molecular flexibility index (Phi) is 5.30. The molecule has 0 fully saturated rings. The Balaban J connectivity index is 1.87. The first-order valence-electron chi connectivity index (χ1n) is 9.30. The van der Waals surface area contributed by atoms with E-state index in [2.05, 4.69) is 29.3 Å². The maximum atomic E-state index is 13.2. The van der Waals surface area contributed by atoms with Crippen molar-refractivity contribution in [3.8, 4) is 0 Å². The Bertz CT molecular complexity index is 810. The molecule has 6 nitrogen and oxygen atoms in total. The molecule has 1 aliphatic rings. The molecule has 2 aromatic heterocycles. The van der Waals surface area contributed by atoms with Gasteiger partial charge >= 0.3 is 0 Å². The number of amides is 1. The summed E-state index contributed by atoms with van der Waals surface area (Å²) in [5.41, 5.74) is 4.75. The Hall–Kier alpha value is -2.37. The number of aromatic nitrogens is 4. The van der Waals surface area contributed by atoms with Crippen LogP contribution in [0.2, 0.25) is 0 Å². The van der Waals surface area contributed by atoms with Crippen molar-refractivity contribution >= 4 is 5.91 Å². The maximum absolute atomic E-state index is 13.2. The molecule has 0 aromatic carbocycles. The first-order chi connectivity index (χ1) is 12.4. The summed E-state index contributed by atoms with van der Waals surface area (Å²) in [6.45, 7) is 7.38. The summed E-state index contributed by atoms with van der Waals surface area (Å²) in [6, 6.07) is 1.87. The van der Waals surface area contributed by atoms with Crippen LogP contribution in [-0.4, -0.2) is 36.9 Å². The fourth-order valence-electron chi connectivity index (χ4n) is 3.62. The van der Waals surface area contributed by atoms with Gasteiger partial charge in [-0.15, -0.1) is 0 Å². The van der Waals surface area contributed by atoms with Gasteiger partial charge in [-0.25, -0.2) is 0 Å². The Morgan fingerprint density at radius 1 is 1.19 bits per heavy atom. The summed E-state index contributed by atoms with van der Waals surface area (Å²) in [6.07, 6.45) is 7.74. The van der Waals surface area contributed by atoms with E-state index in [-0.39, 0.29) is 5.91 Å². The van der Waals surface area contributed by atoms with E-state index in [1.54, 1.807) is 4.68 Å². The molecule has 1 aliphatic carbocycles. The molecule has 1 unspecified atom stereocenters. The minimum absolute atomic E-state index is 0.00547. The molecule has 0 spiro atoms. The first kappa shape index (κ1) is 18.4. The van der Waals surface area contributed by atoms with Crippen LogP contribution in [0.25, 0.3) is 0 Å². The molecule has 0 saturated heterocycles. The zero-order chi connectivity index (χ0) is 18.8. The van der Waals surface area contributed by atoms with Gasteiger partial charge in [-0.2, -0.15) is 10.2 Å². The van der Waals surface area contributed by atoms with Crippen LogP contribution in [0, 0.1) is 26.7 Å². The predicted molar refractivity (Wildman–Crippen MR) is 102 cm³/mol. The molecule has 1 atom stereocenters. The third-order valence-electron chi connectivity index (χ3n) is 5.48. The van der Waals surface area contributed by atoms with Gasteiger partial charge in [-0.1, -0.05) is 12.2 Å². The average Bonchev–Trinajstić information content (AvgIpc) is 3.07. The second-order valence-corrected chi connectivity index (χ2v) is 7.40. The maximum Gasteiger partial charge on any atom is 0.274 e. The molecule has 1 amide bonds. The highest BCUT2D eigenvalue weighted by Crippen LogP contribution is 2.23. The van der Waals surface area contributed by atoms with Crippen molar-refractivity contribution in [3.63, 3.8) is 0 Å². The van der Waals surface area contributed by atoms with Crippen molar-refractivity contribution in [2.45, 2.75) is 46.6 Å². The third-order valence-corrected chi connectivity index (χ3v) is 5.48. The number of carbonyl (C=O) groups excluding carboxylic acids is 1. The lowest BCUT2D eigenvalue weighted by Crippen LogP contribution is -2.36. The van der Waals surface area contributed by atoms with E-state index in [0.29, 0.717) is 18.2 Å². The monoisotopic (exact) mass is 355 g/mol. The SMILES string of the molecule is Cc1nn(C)c(C)c1CN(CC1CC=CCC1)C(=O)c1cc(C)n(C)n1. The molecule has 140 valence electrons. The van der Waals surface area contributed by atoms with Gasteiger partial charge in [0.1, 0.15) is 0 Å². The molecule has 0 bridgehead atoms. The van der Waals surface area contributed by atoms with Crippen LogP contribution in [0.3, 0.4) is 0 Å². The summed E-state index contributed by atoms with van der Waals surface area (Å²) in [5, 5.41) is 8.92. The summed E-state index contributed by atoms with van der Waals surface area (Å²) >= 11 is 0. The lowest BCUT2D eigenvalue weighted by Gasteiger charge is -2.28. The Morgan fingerprint density at radius 3 is 2.50 bits per heavy atom. The molecule has 2 heterocycles. The molecular formula is C20H29N5O. The van der Waals surface area contributed by atoms with Gasteiger partial charge in [0.2, 0.25) is 0 Å². The van der Waals surface area contributed by atoms with Crippen LogP contribution in [0.4, 0.5) is 0 Å². The smallest absolute Gasteiger partial charge is 0.274 e. The number of rotatable bonds is 5. The van der Waals surface area contributed by atoms with Crippen molar-refractivity contribution < 1.29 is 4.79 Å². The van der Waals surface area contributed by atoms with Gasteiger partial charge < -0.3 is 4.90 Å². The highest BCUT2D eigenvalue weighted by Gasteiger charge is 2.25. The lowest BCUT2D eigenvalue weighted by molar-refractivity contribution is 0.0703. The molecule has 26 heavy (non-hydrogen) atoms. The van der Waals surface area contributed by atoms with E-state index in [4.69, 9.17) is 0 Å². The standard InChI is InChI=1S/C20H29N5O/c1-14-11-19(22-23(14)4)20(26)25(12-17-9-7-6-8-10-17)13-18-15(2)21-24(5)16(18)3/h6-7,11,17H,8-10,12-13H2,1-5H3. The fourth-order valence-corrected chi connectivity index (χ4v) is 3.62. The van der Waals surface area contributed by atoms with E-state index in [0.717, 1.165) is 48.5 Å². The van der Waals surface area contributed by atoms with Crippen LogP contribution in [0.5, 0.6) is 0 Å². The van der Waals surface area contributed by atoms with E-state index >= 15 is 0 Å². The summed E-state index contributed by atoms with van der Waals surface area (Å²) in [7, 11) is 3.82. The Morgan fingerprint density at radius 2 is 1.96 bits per heavy atom. The molecule has 0 aliphatic heterocycles. The second kappa shape index (κ2) is 7.48. The number of carbonyl (C=O) groups is 1. The zero-order valence-corrected chi connectivity index (χ0v) is 16.5. The lowest BCUT2D eigenvalue weighted by atomic mass is 9.93. The van der Waals surface area contributed by atoms with Crippen LogP contribution < -0.4 is 0 Å². The topological polar surface area (TPSA) is 56.0 Å². The van der Waals surface area contributed by atoms with Gasteiger partial charge in [0.25, 0.3) is 5.91 Å². The fraction of sp³-hybridized carbons (Fsp3) is 0.550. The van der Waals surface area contributed by atoms with Crippen LogP contribution in [0.15, 0.2) is 18.2 Å². The number of hydrogen-bond acceptors (Lipinski definition) is 3. The van der Waals surface area contributed by atoms with E-state index in [9.17, 15) is 4.79 Å². The normalized spacial score (nSPS) is 16.9. The molecule has 3 rings (SSSR count). The first-order valence-corrected chi connectivity index (χ1v) is 9.30. The van der Waals surface area contributed by atoms with E-state index in [1.807, 2.05) is 43.6 Å². The summed E-state index contributed by atoms with van der Waals surface area (Å²) in [4.78, 5) is 15.2. The zero-order valence-electron chi connectivity index (χ0n) is 16.5. The number of aryl methyl sites for hydroxylation is 4. The van der Waals surface area contributed by atoms with Crippen molar-refractivity contribution in [2.24, 2.45) is 20.0 Å². The molecular weight excluding hydrogens is 326 g/mol.